The maximum atomic E-state index is 12.0. The largest absolute Gasteiger partial charge is 0.477 e. The molecule has 0 aliphatic heterocycles. The number of amides is 1. The Morgan fingerprint density at radius 1 is 1.50 bits per heavy atom. The van der Waals surface area contributed by atoms with Gasteiger partial charge >= 0.3 is 5.97 Å². The quantitative estimate of drug-likeness (QED) is 0.759. The molecule has 0 aliphatic carbocycles. The van der Waals surface area contributed by atoms with Crippen LogP contribution < -0.4 is 5.32 Å². The van der Waals surface area contributed by atoms with Crippen molar-refractivity contribution in [2.75, 3.05) is 0 Å². The van der Waals surface area contributed by atoms with Crippen LogP contribution in [0.4, 0.5) is 0 Å². The summed E-state index contributed by atoms with van der Waals surface area (Å²) in [7, 11) is 1.81. The van der Waals surface area contributed by atoms with Crippen molar-refractivity contribution in [2.45, 2.75) is 19.9 Å². The summed E-state index contributed by atoms with van der Waals surface area (Å²) in [5.74, 6) is -1.77. The molecule has 106 valence electrons. The van der Waals surface area contributed by atoms with Crippen molar-refractivity contribution in [3.8, 4) is 0 Å². The number of rotatable bonds is 4. The third-order valence-electron chi connectivity index (χ3n) is 3.16. The molecule has 2 heterocycles. The molecule has 2 aromatic heterocycles. The number of imidazole rings is 1. The Labute approximate surface area is 114 Å². The molecule has 2 aromatic rings. The van der Waals surface area contributed by atoms with E-state index in [-0.39, 0.29) is 17.4 Å². The van der Waals surface area contributed by atoms with Crippen LogP contribution in [-0.4, -0.2) is 36.7 Å². The number of hydrogen-bond donors (Lipinski definition) is 3. The van der Waals surface area contributed by atoms with E-state index < -0.39 is 11.9 Å². The molecule has 0 aliphatic rings. The molecular formula is C12H15N5O3. The van der Waals surface area contributed by atoms with Gasteiger partial charge in [-0.3, -0.25) is 9.48 Å². The first-order chi connectivity index (χ1) is 9.41. The van der Waals surface area contributed by atoms with Crippen LogP contribution >= 0.6 is 0 Å². The van der Waals surface area contributed by atoms with E-state index in [9.17, 15) is 9.59 Å². The zero-order chi connectivity index (χ0) is 14.9. The highest BCUT2D eigenvalue weighted by molar-refractivity contribution is 6.02. The summed E-state index contributed by atoms with van der Waals surface area (Å²) in [6.45, 7) is 3.69. The molecule has 1 atom stereocenters. The van der Waals surface area contributed by atoms with E-state index in [0.29, 0.717) is 0 Å². The Hall–Kier alpha value is -2.64. The van der Waals surface area contributed by atoms with Crippen molar-refractivity contribution in [3.63, 3.8) is 0 Å². The number of aromatic nitrogens is 4. The zero-order valence-electron chi connectivity index (χ0n) is 11.3. The molecule has 0 saturated carbocycles. The lowest BCUT2D eigenvalue weighted by Gasteiger charge is -2.13. The maximum Gasteiger partial charge on any atom is 0.354 e. The number of carboxylic acids is 1. The molecule has 0 spiro atoms. The van der Waals surface area contributed by atoms with Gasteiger partial charge in [0.05, 0.1) is 18.6 Å². The second kappa shape index (κ2) is 5.16. The number of aromatic amines is 1. The van der Waals surface area contributed by atoms with Gasteiger partial charge < -0.3 is 15.4 Å². The topological polar surface area (TPSA) is 113 Å². The average molecular weight is 277 g/mol. The minimum absolute atomic E-state index is 0.133. The summed E-state index contributed by atoms with van der Waals surface area (Å²) < 4.78 is 1.70. The van der Waals surface area contributed by atoms with Gasteiger partial charge in [-0.1, -0.05) is 0 Å². The molecule has 8 nitrogen and oxygen atoms in total. The molecule has 1 amide bonds. The number of carbonyl (C=O) groups is 2. The normalized spacial score (nSPS) is 12.2. The molecule has 2 rings (SSSR count). The summed E-state index contributed by atoms with van der Waals surface area (Å²) >= 11 is 0. The SMILES string of the molecule is Cc1c(C(C)NC(=O)c2nc[nH]c2C(=O)O)cnn1C. The third-order valence-corrected chi connectivity index (χ3v) is 3.16. The van der Waals surface area contributed by atoms with Gasteiger partial charge in [0.15, 0.2) is 11.4 Å². The van der Waals surface area contributed by atoms with Gasteiger partial charge in [0.2, 0.25) is 0 Å². The number of nitrogens with one attached hydrogen (secondary N) is 2. The molecule has 0 radical (unpaired) electrons. The molecule has 8 heteroatoms. The highest BCUT2D eigenvalue weighted by Crippen LogP contribution is 2.16. The fourth-order valence-electron chi connectivity index (χ4n) is 1.91. The van der Waals surface area contributed by atoms with Crippen molar-refractivity contribution in [3.05, 3.63) is 35.2 Å². The Morgan fingerprint density at radius 2 is 2.20 bits per heavy atom. The van der Waals surface area contributed by atoms with Crippen LogP contribution in [0.15, 0.2) is 12.5 Å². The first-order valence-electron chi connectivity index (χ1n) is 5.97. The van der Waals surface area contributed by atoms with Gasteiger partial charge in [-0.15, -0.1) is 0 Å². The smallest absolute Gasteiger partial charge is 0.354 e. The van der Waals surface area contributed by atoms with Gasteiger partial charge in [0.1, 0.15) is 0 Å². The molecule has 20 heavy (non-hydrogen) atoms. The monoisotopic (exact) mass is 277 g/mol. The molecule has 0 fully saturated rings. The second-order valence-electron chi connectivity index (χ2n) is 4.44. The Balaban J connectivity index is 2.17. The first kappa shape index (κ1) is 13.8. The number of aryl methyl sites for hydroxylation is 1. The van der Waals surface area contributed by atoms with Crippen LogP contribution in [-0.2, 0) is 7.05 Å². The Bertz CT molecular complexity index is 658. The van der Waals surface area contributed by atoms with Crippen LogP contribution in [0.5, 0.6) is 0 Å². The van der Waals surface area contributed by atoms with E-state index in [4.69, 9.17) is 5.11 Å². The van der Waals surface area contributed by atoms with Crippen LogP contribution in [0, 0.1) is 6.92 Å². The van der Waals surface area contributed by atoms with E-state index in [1.54, 1.807) is 17.8 Å². The van der Waals surface area contributed by atoms with Crippen LogP contribution in [0.2, 0.25) is 0 Å². The molecular weight excluding hydrogens is 262 g/mol. The average Bonchev–Trinajstić information content (AvgIpc) is 2.98. The summed E-state index contributed by atoms with van der Waals surface area (Å²) in [6.07, 6.45) is 2.85. The Morgan fingerprint density at radius 3 is 2.75 bits per heavy atom. The van der Waals surface area contributed by atoms with Crippen LogP contribution in [0.25, 0.3) is 0 Å². The maximum absolute atomic E-state index is 12.0. The number of H-pyrrole nitrogens is 1. The number of carboxylic acid groups (broad SMARTS) is 1. The number of hydrogen-bond acceptors (Lipinski definition) is 4. The summed E-state index contributed by atoms with van der Waals surface area (Å²) in [4.78, 5) is 29.2. The van der Waals surface area contributed by atoms with E-state index in [2.05, 4.69) is 20.4 Å². The molecule has 0 aromatic carbocycles. The predicted octanol–water partition coefficient (Wildman–Crippen LogP) is 0.641. The number of nitrogens with zero attached hydrogens (tertiary/aromatic N) is 3. The second-order valence-corrected chi connectivity index (χ2v) is 4.44. The van der Waals surface area contributed by atoms with Crippen LogP contribution in [0.1, 0.15) is 45.2 Å². The van der Waals surface area contributed by atoms with Gasteiger partial charge in [-0.2, -0.15) is 5.10 Å². The van der Waals surface area contributed by atoms with Crippen molar-refractivity contribution < 1.29 is 14.7 Å². The molecule has 0 saturated heterocycles. The predicted molar refractivity (Wildman–Crippen MR) is 69.4 cm³/mol. The van der Waals surface area contributed by atoms with Crippen LogP contribution in [0.3, 0.4) is 0 Å². The highest BCUT2D eigenvalue weighted by atomic mass is 16.4. The fourth-order valence-corrected chi connectivity index (χ4v) is 1.91. The van der Waals surface area contributed by atoms with Crippen molar-refractivity contribution in [1.82, 2.24) is 25.1 Å². The fraction of sp³-hybridized carbons (Fsp3) is 0.333. The zero-order valence-corrected chi connectivity index (χ0v) is 11.3. The standard InChI is InChI=1S/C12H15N5O3/c1-6(8-4-15-17(3)7(8)2)16-11(18)9-10(12(19)20)14-5-13-9/h4-6H,1-3H3,(H,13,14)(H,16,18)(H,19,20). The van der Waals surface area contributed by atoms with E-state index in [1.807, 2.05) is 14.0 Å². The van der Waals surface area contributed by atoms with Crippen molar-refractivity contribution >= 4 is 11.9 Å². The molecule has 0 bridgehead atoms. The summed E-state index contributed by atoms with van der Waals surface area (Å²) in [5, 5.41) is 15.7. The van der Waals surface area contributed by atoms with Crippen molar-refractivity contribution in [1.29, 1.82) is 0 Å². The van der Waals surface area contributed by atoms with Crippen molar-refractivity contribution in [2.24, 2.45) is 7.05 Å². The van der Waals surface area contributed by atoms with Gasteiger partial charge in [0, 0.05) is 18.3 Å². The highest BCUT2D eigenvalue weighted by Gasteiger charge is 2.22. The van der Waals surface area contributed by atoms with Gasteiger partial charge in [-0.25, -0.2) is 9.78 Å². The van der Waals surface area contributed by atoms with E-state index in [0.717, 1.165) is 11.3 Å². The molecule has 3 N–H and O–H groups in total. The first-order valence-corrected chi connectivity index (χ1v) is 5.97. The lowest BCUT2D eigenvalue weighted by Crippen LogP contribution is -2.28. The minimum atomic E-state index is -1.22. The third kappa shape index (κ3) is 2.40. The summed E-state index contributed by atoms with van der Waals surface area (Å²) in [5.41, 5.74) is 1.44. The lowest BCUT2D eigenvalue weighted by molar-refractivity contribution is 0.0684. The summed E-state index contributed by atoms with van der Waals surface area (Å²) in [6, 6.07) is -0.297. The minimum Gasteiger partial charge on any atom is -0.477 e. The van der Waals surface area contributed by atoms with Gasteiger partial charge in [0.25, 0.3) is 5.91 Å². The van der Waals surface area contributed by atoms with E-state index in [1.165, 1.54) is 6.33 Å². The Kier molecular flexibility index (Phi) is 3.55. The van der Waals surface area contributed by atoms with E-state index >= 15 is 0 Å². The lowest BCUT2D eigenvalue weighted by atomic mass is 10.1. The number of carbonyl (C=O) groups excluding carboxylic acids is 1. The molecule has 1 unspecified atom stereocenters. The van der Waals surface area contributed by atoms with Gasteiger partial charge in [-0.05, 0) is 13.8 Å². The number of aromatic carboxylic acids is 1.